The minimum atomic E-state index is -0.00901. The Bertz CT molecular complexity index is 590. The molecule has 1 heterocycles. The molecule has 3 nitrogen and oxygen atoms in total. The van der Waals surface area contributed by atoms with Crippen molar-refractivity contribution < 1.29 is 4.79 Å². The van der Waals surface area contributed by atoms with Crippen molar-refractivity contribution in [3.05, 3.63) is 51.0 Å². The first-order chi connectivity index (χ1) is 9.08. The van der Waals surface area contributed by atoms with Gasteiger partial charge in [0.2, 0.25) is 0 Å². The highest BCUT2D eigenvalue weighted by molar-refractivity contribution is 7.09. The standard InChI is InChI=1S/C15H18N2OS/c1-10-4-5-13(8-11(10)2)15(18)16-7-6-14-12(3)17-9-19-14/h4-5,8-9H,6-7H2,1-3H3,(H,16,18). The highest BCUT2D eigenvalue weighted by atomic mass is 32.1. The molecule has 0 saturated heterocycles. The molecular weight excluding hydrogens is 256 g/mol. The lowest BCUT2D eigenvalue weighted by atomic mass is 10.1. The maximum absolute atomic E-state index is 12.0. The molecule has 0 unspecified atom stereocenters. The maximum atomic E-state index is 12.0. The lowest BCUT2D eigenvalue weighted by Gasteiger charge is -2.07. The first-order valence-corrected chi connectivity index (χ1v) is 7.20. The zero-order chi connectivity index (χ0) is 13.8. The van der Waals surface area contributed by atoms with Crippen LogP contribution < -0.4 is 5.32 Å². The van der Waals surface area contributed by atoms with E-state index >= 15 is 0 Å². The van der Waals surface area contributed by atoms with Crippen LogP contribution in [-0.2, 0) is 6.42 Å². The molecule has 0 fully saturated rings. The summed E-state index contributed by atoms with van der Waals surface area (Å²) >= 11 is 1.64. The molecule has 1 aromatic heterocycles. The van der Waals surface area contributed by atoms with E-state index in [-0.39, 0.29) is 5.91 Å². The maximum Gasteiger partial charge on any atom is 0.251 e. The molecule has 4 heteroatoms. The number of hydrogen-bond acceptors (Lipinski definition) is 3. The quantitative estimate of drug-likeness (QED) is 0.931. The molecule has 0 aliphatic heterocycles. The number of nitrogens with one attached hydrogen (secondary N) is 1. The van der Waals surface area contributed by atoms with E-state index in [0.717, 1.165) is 23.2 Å². The number of amides is 1. The van der Waals surface area contributed by atoms with Crippen LogP contribution in [0.4, 0.5) is 0 Å². The zero-order valence-corrected chi connectivity index (χ0v) is 12.3. The van der Waals surface area contributed by atoms with Crippen LogP contribution in [0.1, 0.15) is 32.1 Å². The molecule has 0 atom stereocenters. The van der Waals surface area contributed by atoms with Crippen LogP contribution in [0, 0.1) is 20.8 Å². The highest BCUT2D eigenvalue weighted by Gasteiger charge is 2.07. The molecule has 1 aromatic carbocycles. The predicted molar refractivity (Wildman–Crippen MR) is 78.8 cm³/mol. The van der Waals surface area contributed by atoms with Gasteiger partial charge in [-0.2, -0.15) is 0 Å². The van der Waals surface area contributed by atoms with Crippen LogP contribution in [0.15, 0.2) is 23.7 Å². The summed E-state index contributed by atoms with van der Waals surface area (Å²) in [6, 6.07) is 5.79. The van der Waals surface area contributed by atoms with Crippen molar-refractivity contribution >= 4 is 17.2 Å². The number of aromatic nitrogens is 1. The molecule has 0 radical (unpaired) electrons. The van der Waals surface area contributed by atoms with Crippen LogP contribution in [0.25, 0.3) is 0 Å². The molecule has 0 aliphatic carbocycles. The van der Waals surface area contributed by atoms with E-state index < -0.39 is 0 Å². The number of thiazole rings is 1. The molecular formula is C15H18N2OS. The molecule has 1 N–H and O–H groups in total. The van der Waals surface area contributed by atoms with Crippen molar-refractivity contribution in [3.63, 3.8) is 0 Å². The summed E-state index contributed by atoms with van der Waals surface area (Å²) in [6.07, 6.45) is 0.840. The van der Waals surface area contributed by atoms with Gasteiger partial charge in [0.1, 0.15) is 0 Å². The molecule has 19 heavy (non-hydrogen) atoms. The third kappa shape index (κ3) is 3.41. The summed E-state index contributed by atoms with van der Waals surface area (Å²) in [5, 5.41) is 2.95. The Labute approximate surface area is 117 Å². The van der Waals surface area contributed by atoms with Crippen molar-refractivity contribution in [2.24, 2.45) is 0 Å². The van der Waals surface area contributed by atoms with Crippen LogP contribution in [-0.4, -0.2) is 17.4 Å². The molecule has 1 amide bonds. The number of carbonyl (C=O) groups is 1. The minimum Gasteiger partial charge on any atom is -0.352 e. The van der Waals surface area contributed by atoms with Gasteiger partial charge in [-0.05, 0) is 44.0 Å². The number of benzene rings is 1. The fourth-order valence-corrected chi connectivity index (χ4v) is 2.62. The van der Waals surface area contributed by atoms with Gasteiger partial charge in [-0.25, -0.2) is 4.98 Å². The van der Waals surface area contributed by atoms with Gasteiger partial charge in [0, 0.05) is 23.4 Å². The van der Waals surface area contributed by atoms with Gasteiger partial charge < -0.3 is 5.32 Å². The third-order valence-corrected chi connectivity index (χ3v) is 4.25. The van der Waals surface area contributed by atoms with E-state index in [0.29, 0.717) is 6.54 Å². The summed E-state index contributed by atoms with van der Waals surface area (Å²) in [7, 11) is 0. The van der Waals surface area contributed by atoms with Gasteiger partial charge in [0.15, 0.2) is 0 Å². The summed E-state index contributed by atoms with van der Waals surface area (Å²) in [5.41, 5.74) is 5.98. The Kier molecular flexibility index (Phi) is 4.32. The summed E-state index contributed by atoms with van der Waals surface area (Å²) in [6.45, 7) is 6.71. The second-order valence-electron chi connectivity index (χ2n) is 4.67. The van der Waals surface area contributed by atoms with E-state index in [1.165, 1.54) is 10.4 Å². The topological polar surface area (TPSA) is 42.0 Å². The zero-order valence-electron chi connectivity index (χ0n) is 11.5. The molecule has 0 spiro atoms. The molecule has 0 saturated carbocycles. The van der Waals surface area contributed by atoms with Gasteiger partial charge >= 0.3 is 0 Å². The Morgan fingerprint density at radius 1 is 1.26 bits per heavy atom. The van der Waals surface area contributed by atoms with E-state index in [2.05, 4.69) is 10.3 Å². The van der Waals surface area contributed by atoms with Crippen molar-refractivity contribution in [2.45, 2.75) is 27.2 Å². The Hall–Kier alpha value is -1.68. The van der Waals surface area contributed by atoms with Gasteiger partial charge in [0.05, 0.1) is 11.2 Å². The highest BCUT2D eigenvalue weighted by Crippen LogP contribution is 2.12. The smallest absolute Gasteiger partial charge is 0.251 e. The number of hydrogen-bond donors (Lipinski definition) is 1. The second kappa shape index (κ2) is 5.97. The molecule has 0 aliphatic rings. The molecule has 0 bridgehead atoms. The van der Waals surface area contributed by atoms with E-state index in [4.69, 9.17) is 0 Å². The molecule has 2 rings (SSSR count). The fraction of sp³-hybridized carbons (Fsp3) is 0.333. The number of rotatable bonds is 4. The van der Waals surface area contributed by atoms with Gasteiger partial charge in [-0.3, -0.25) is 4.79 Å². The Balaban J connectivity index is 1.91. The average Bonchev–Trinajstić information content (AvgIpc) is 2.78. The monoisotopic (exact) mass is 274 g/mol. The van der Waals surface area contributed by atoms with E-state index in [1.54, 1.807) is 11.3 Å². The second-order valence-corrected chi connectivity index (χ2v) is 5.61. The molecule has 2 aromatic rings. The summed E-state index contributed by atoms with van der Waals surface area (Å²) in [5.74, 6) is -0.00901. The number of nitrogens with zero attached hydrogens (tertiary/aromatic N) is 1. The fourth-order valence-electron chi connectivity index (χ4n) is 1.84. The summed E-state index contributed by atoms with van der Waals surface area (Å²) < 4.78 is 0. The van der Waals surface area contributed by atoms with Crippen LogP contribution in [0.3, 0.4) is 0 Å². The van der Waals surface area contributed by atoms with Crippen molar-refractivity contribution in [2.75, 3.05) is 6.54 Å². The van der Waals surface area contributed by atoms with E-state index in [9.17, 15) is 4.79 Å². The predicted octanol–water partition coefficient (Wildman–Crippen LogP) is 3.04. The first-order valence-electron chi connectivity index (χ1n) is 6.32. The van der Waals surface area contributed by atoms with Crippen molar-refractivity contribution in [1.82, 2.24) is 10.3 Å². The Morgan fingerprint density at radius 2 is 2.05 bits per heavy atom. The molecule has 100 valence electrons. The van der Waals surface area contributed by atoms with Gasteiger partial charge in [-0.15, -0.1) is 11.3 Å². The summed E-state index contributed by atoms with van der Waals surface area (Å²) in [4.78, 5) is 17.4. The van der Waals surface area contributed by atoms with Crippen LogP contribution >= 0.6 is 11.3 Å². The average molecular weight is 274 g/mol. The van der Waals surface area contributed by atoms with Crippen LogP contribution in [0.5, 0.6) is 0 Å². The third-order valence-electron chi connectivity index (χ3n) is 3.25. The van der Waals surface area contributed by atoms with Crippen molar-refractivity contribution in [1.29, 1.82) is 0 Å². The SMILES string of the molecule is Cc1ccc(C(=O)NCCc2scnc2C)cc1C. The first kappa shape index (κ1) is 13.7. The lowest BCUT2D eigenvalue weighted by molar-refractivity contribution is 0.0954. The van der Waals surface area contributed by atoms with Crippen molar-refractivity contribution in [3.8, 4) is 0 Å². The van der Waals surface area contributed by atoms with E-state index in [1.807, 2.05) is 44.5 Å². The van der Waals surface area contributed by atoms with Gasteiger partial charge in [0.25, 0.3) is 5.91 Å². The van der Waals surface area contributed by atoms with Crippen LogP contribution in [0.2, 0.25) is 0 Å². The number of carbonyl (C=O) groups excluding carboxylic acids is 1. The normalized spacial score (nSPS) is 10.5. The largest absolute Gasteiger partial charge is 0.352 e. The Morgan fingerprint density at radius 3 is 2.68 bits per heavy atom. The number of aryl methyl sites for hydroxylation is 3. The van der Waals surface area contributed by atoms with Gasteiger partial charge in [-0.1, -0.05) is 6.07 Å². The lowest BCUT2D eigenvalue weighted by Crippen LogP contribution is -2.25. The minimum absolute atomic E-state index is 0.00901.